The SMILES string of the molecule is CCCCCC(Oc1ccccc1)c1cc2cc(O)ccc2c2c1C1CCC(O)[C@@]1(C)CC2. The van der Waals surface area contributed by atoms with E-state index < -0.39 is 0 Å². The molecular formula is C30H36O3. The molecule has 3 unspecified atom stereocenters. The van der Waals surface area contributed by atoms with Crippen LogP contribution in [-0.2, 0) is 6.42 Å². The predicted molar refractivity (Wildman–Crippen MR) is 134 cm³/mol. The lowest BCUT2D eigenvalue weighted by Gasteiger charge is -2.42. The highest BCUT2D eigenvalue weighted by Crippen LogP contribution is 2.58. The first-order valence-corrected chi connectivity index (χ1v) is 12.7. The molecule has 0 radical (unpaired) electrons. The number of hydrogen-bond donors (Lipinski definition) is 2. The van der Waals surface area contributed by atoms with Crippen LogP contribution in [-0.4, -0.2) is 16.3 Å². The summed E-state index contributed by atoms with van der Waals surface area (Å²) in [4.78, 5) is 0. The second-order valence-electron chi connectivity index (χ2n) is 10.3. The van der Waals surface area contributed by atoms with Gasteiger partial charge < -0.3 is 14.9 Å². The van der Waals surface area contributed by atoms with Crippen molar-refractivity contribution in [2.45, 2.75) is 83.3 Å². The van der Waals surface area contributed by atoms with E-state index in [1.54, 1.807) is 6.07 Å². The van der Waals surface area contributed by atoms with Crippen LogP contribution in [0.4, 0.5) is 0 Å². The van der Waals surface area contributed by atoms with E-state index >= 15 is 0 Å². The first kappa shape index (κ1) is 22.3. The van der Waals surface area contributed by atoms with Crippen molar-refractivity contribution in [3.05, 3.63) is 71.3 Å². The molecule has 2 N–H and O–H groups in total. The Kier molecular flexibility index (Phi) is 6.09. The maximum absolute atomic E-state index is 10.9. The quantitative estimate of drug-likeness (QED) is 0.372. The number of phenolic OH excluding ortho intramolecular Hbond substituents is 1. The van der Waals surface area contributed by atoms with E-state index in [9.17, 15) is 10.2 Å². The minimum Gasteiger partial charge on any atom is -0.508 e. The number of rotatable bonds is 7. The van der Waals surface area contributed by atoms with Gasteiger partial charge in [-0.2, -0.15) is 0 Å². The molecule has 2 aliphatic carbocycles. The summed E-state index contributed by atoms with van der Waals surface area (Å²) >= 11 is 0. The van der Waals surface area contributed by atoms with E-state index in [-0.39, 0.29) is 17.6 Å². The molecule has 33 heavy (non-hydrogen) atoms. The number of para-hydroxylation sites is 1. The van der Waals surface area contributed by atoms with Gasteiger partial charge in [0, 0.05) is 5.41 Å². The summed E-state index contributed by atoms with van der Waals surface area (Å²) in [5.74, 6) is 1.54. The number of aromatic hydroxyl groups is 1. The van der Waals surface area contributed by atoms with Crippen LogP contribution < -0.4 is 4.74 Å². The van der Waals surface area contributed by atoms with E-state index in [0.717, 1.165) is 49.7 Å². The van der Waals surface area contributed by atoms with Crippen LogP contribution in [0.15, 0.2) is 54.6 Å². The summed E-state index contributed by atoms with van der Waals surface area (Å²) in [7, 11) is 0. The van der Waals surface area contributed by atoms with E-state index in [1.807, 2.05) is 36.4 Å². The molecule has 0 amide bonds. The molecular weight excluding hydrogens is 408 g/mol. The van der Waals surface area contributed by atoms with Crippen LogP contribution >= 0.6 is 0 Å². The van der Waals surface area contributed by atoms with E-state index in [2.05, 4.69) is 26.0 Å². The van der Waals surface area contributed by atoms with Gasteiger partial charge in [-0.1, -0.05) is 51.0 Å². The summed E-state index contributed by atoms with van der Waals surface area (Å²) < 4.78 is 6.68. The Labute approximate surface area is 197 Å². The number of aliphatic hydroxyl groups excluding tert-OH is 1. The molecule has 0 bridgehead atoms. The van der Waals surface area contributed by atoms with E-state index in [4.69, 9.17) is 4.74 Å². The number of aryl methyl sites for hydroxylation is 1. The van der Waals surface area contributed by atoms with Crippen LogP contribution in [0, 0.1) is 5.41 Å². The lowest BCUT2D eigenvalue weighted by molar-refractivity contribution is 0.0450. The number of hydrogen-bond acceptors (Lipinski definition) is 3. The van der Waals surface area contributed by atoms with Crippen molar-refractivity contribution < 1.29 is 14.9 Å². The third-order valence-electron chi connectivity index (χ3n) is 8.29. The van der Waals surface area contributed by atoms with E-state index in [0.29, 0.717) is 11.7 Å². The predicted octanol–water partition coefficient (Wildman–Crippen LogP) is 7.44. The molecule has 3 heteroatoms. The third kappa shape index (κ3) is 4.01. The van der Waals surface area contributed by atoms with Gasteiger partial charge >= 0.3 is 0 Å². The van der Waals surface area contributed by atoms with Crippen LogP contribution in [0.3, 0.4) is 0 Å². The number of phenols is 1. The average Bonchev–Trinajstić information content (AvgIpc) is 3.13. The minimum atomic E-state index is -0.243. The fourth-order valence-corrected chi connectivity index (χ4v) is 6.40. The fraction of sp³-hybridized carbons (Fsp3) is 0.467. The highest BCUT2D eigenvalue weighted by molar-refractivity contribution is 5.89. The number of unbranched alkanes of at least 4 members (excludes halogenated alkanes) is 2. The van der Waals surface area contributed by atoms with Gasteiger partial charge in [0.05, 0.1) is 6.10 Å². The molecule has 5 rings (SSSR count). The maximum Gasteiger partial charge on any atom is 0.124 e. The largest absolute Gasteiger partial charge is 0.508 e. The number of aliphatic hydroxyl groups is 1. The Morgan fingerprint density at radius 3 is 2.67 bits per heavy atom. The Morgan fingerprint density at radius 2 is 1.88 bits per heavy atom. The molecule has 0 heterocycles. The van der Waals surface area contributed by atoms with Crippen molar-refractivity contribution in [3.8, 4) is 11.5 Å². The van der Waals surface area contributed by atoms with Gasteiger partial charge in [0.25, 0.3) is 0 Å². The molecule has 3 nitrogen and oxygen atoms in total. The average molecular weight is 445 g/mol. The Hall–Kier alpha value is -2.52. The molecule has 4 atom stereocenters. The summed E-state index contributed by atoms with van der Waals surface area (Å²) in [6, 6.07) is 18.2. The molecule has 3 aromatic rings. The summed E-state index contributed by atoms with van der Waals surface area (Å²) in [6.07, 6.45) is 8.01. The van der Waals surface area contributed by atoms with Gasteiger partial charge in [0.2, 0.25) is 0 Å². The monoisotopic (exact) mass is 444 g/mol. The second kappa shape index (κ2) is 9.02. The topological polar surface area (TPSA) is 49.7 Å². The molecule has 0 saturated heterocycles. The maximum atomic E-state index is 10.9. The van der Waals surface area contributed by atoms with Crippen LogP contribution in [0.2, 0.25) is 0 Å². The first-order valence-electron chi connectivity index (χ1n) is 12.7. The highest BCUT2D eigenvalue weighted by atomic mass is 16.5. The van der Waals surface area contributed by atoms with Crippen molar-refractivity contribution >= 4 is 10.8 Å². The molecule has 0 spiro atoms. The number of fused-ring (bicyclic) bond motifs is 5. The Morgan fingerprint density at radius 1 is 1.06 bits per heavy atom. The first-order chi connectivity index (χ1) is 16.0. The molecule has 1 fully saturated rings. The van der Waals surface area contributed by atoms with Crippen LogP contribution in [0.5, 0.6) is 11.5 Å². The fourth-order valence-electron chi connectivity index (χ4n) is 6.40. The molecule has 3 aromatic carbocycles. The summed E-state index contributed by atoms with van der Waals surface area (Å²) in [5, 5.41) is 23.5. The van der Waals surface area contributed by atoms with Gasteiger partial charge in [-0.3, -0.25) is 0 Å². The normalized spacial score (nSPS) is 24.9. The lowest BCUT2D eigenvalue weighted by Crippen LogP contribution is -2.36. The van der Waals surface area contributed by atoms with Gasteiger partial charge in [0.1, 0.15) is 17.6 Å². The van der Waals surface area contributed by atoms with Crippen molar-refractivity contribution in [2.75, 3.05) is 0 Å². The zero-order valence-electron chi connectivity index (χ0n) is 19.9. The van der Waals surface area contributed by atoms with Gasteiger partial charge in [-0.05, 0) is 102 Å². The van der Waals surface area contributed by atoms with Gasteiger partial charge in [-0.25, -0.2) is 0 Å². The second-order valence-corrected chi connectivity index (χ2v) is 10.3. The number of ether oxygens (including phenoxy) is 1. The van der Waals surface area contributed by atoms with Crippen molar-refractivity contribution in [1.29, 1.82) is 0 Å². The van der Waals surface area contributed by atoms with E-state index in [1.165, 1.54) is 34.9 Å². The van der Waals surface area contributed by atoms with Crippen molar-refractivity contribution in [3.63, 3.8) is 0 Å². The third-order valence-corrected chi connectivity index (χ3v) is 8.29. The summed E-state index contributed by atoms with van der Waals surface area (Å²) in [6.45, 7) is 4.52. The van der Waals surface area contributed by atoms with Crippen LogP contribution in [0.1, 0.15) is 87.5 Å². The summed E-state index contributed by atoms with van der Waals surface area (Å²) in [5.41, 5.74) is 3.99. The Balaban J connectivity index is 1.68. The molecule has 0 aliphatic heterocycles. The lowest BCUT2D eigenvalue weighted by atomic mass is 9.63. The van der Waals surface area contributed by atoms with Gasteiger partial charge in [-0.15, -0.1) is 0 Å². The molecule has 2 aliphatic rings. The molecule has 174 valence electrons. The van der Waals surface area contributed by atoms with Crippen LogP contribution in [0.25, 0.3) is 10.8 Å². The molecule has 1 saturated carbocycles. The van der Waals surface area contributed by atoms with Crippen molar-refractivity contribution in [2.24, 2.45) is 5.41 Å². The standard InChI is InChI=1S/C30H36O3/c1-3-4-6-11-27(33-22-9-7-5-8-10-22)25-19-20-18-21(31)12-13-23(20)24-16-17-30(2)26(29(24)25)14-15-28(30)32/h5,7-10,12-13,18-19,26-28,31-32H,3-4,6,11,14-17H2,1-2H3/t26?,27?,28?,30-/m0/s1. The zero-order chi connectivity index (χ0) is 23.0. The molecule has 0 aromatic heterocycles. The Bertz CT molecular complexity index is 1120. The van der Waals surface area contributed by atoms with Crippen molar-refractivity contribution in [1.82, 2.24) is 0 Å². The van der Waals surface area contributed by atoms with Gasteiger partial charge in [0.15, 0.2) is 0 Å². The minimum absolute atomic E-state index is 0.0421. The zero-order valence-corrected chi connectivity index (χ0v) is 19.9. The number of benzene rings is 3. The smallest absolute Gasteiger partial charge is 0.124 e. The highest BCUT2D eigenvalue weighted by Gasteiger charge is 2.50.